The fraction of sp³-hybridized carbons (Fsp3) is 0.300. The monoisotopic (exact) mass is 760 g/mol. The Kier molecular flexibility index (Phi) is 14.4. The number of hydrogen-bond donors (Lipinski definition) is 4. The predicted molar refractivity (Wildman–Crippen MR) is 200 cm³/mol. The normalized spacial score (nSPS) is 14.2. The van der Waals surface area contributed by atoms with Crippen molar-refractivity contribution in [2.24, 2.45) is 5.41 Å². The summed E-state index contributed by atoms with van der Waals surface area (Å²) in [5, 5.41) is 25.7. The van der Waals surface area contributed by atoms with E-state index in [0.717, 1.165) is 0 Å². The van der Waals surface area contributed by atoms with Gasteiger partial charge in [0.15, 0.2) is 23.1 Å². The zero-order valence-corrected chi connectivity index (χ0v) is 30.8. The molecule has 2 atom stereocenters. The highest BCUT2D eigenvalue weighted by molar-refractivity contribution is 6.31. The van der Waals surface area contributed by atoms with Crippen LogP contribution in [0, 0.1) is 31.7 Å². The van der Waals surface area contributed by atoms with Crippen LogP contribution in [0.3, 0.4) is 0 Å². The Balaban J connectivity index is 0.000000301. The summed E-state index contributed by atoms with van der Waals surface area (Å²) in [5.41, 5.74) is -1.95. The van der Waals surface area contributed by atoms with Crippen LogP contribution in [-0.2, 0) is 19.1 Å². The van der Waals surface area contributed by atoms with Gasteiger partial charge in [-0.25, -0.2) is 24.2 Å². The van der Waals surface area contributed by atoms with E-state index in [1.807, 2.05) is 6.92 Å². The van der Waals surface area contributed by atoms with Gasteiger partial charge < -0.3 is 49.5 Å². The van der Waals surface area contributed by atoms with Crippen LogP contribution in [0.2, 0.25) is 0 Å². The first-order valence-electron chi connectivity index (χ1n) is 16.8. The second-order valence-corrected chi connectivity index (χ2v) is 12.9. The third-order valence-electron chi connectivity index (χ3n) is 8.48. The van der Waals surface area contributed by atoms with Crippen molar-refractivity contribution < 1.29 is 48.5 Å². The van der Waals surface area contributed by atoms with Gasteiger partial charge in [0.2, 0.25) is 22.8 Å². The van der Waals surface area contributed by atoms with Gasteiger partial charge in [0.05, 0.1) is 31.7 Å². The number of esters is 2. The number of allylic oxidation sites excluding steroid dienone is 4. The summed E-state index contributed by atoms with van der Waals surface area (Å²) in [4.78, 5) is 85.5. The van der Waals surface area contributed by atoms with Gasteiger partial charge in [-0.05, 0) is 39.3 Å². The number of rotatable bonds is 13. The number of ketones is 4. The van der Waals surface area contributed by atoms with Crippen LogP contribution in [0.4, 0.5) is 11.4 Å². The summed E-state index contributed by atoms with van der Waals surface area (Å²) < 4.78 is 9.97. The molecule has 2 aliphatic rings. The van der Waals surface area contributed by atoms with Crippen LogP contribution in [0.15, 0.2) is 71.3 Å². The molecule has 0 spiro atoms. The van der Waals surface area contributed by atoms with E-state index in [1.165, 1.54) is 43.3 Å². The number of benzene rings is 2. The van der Waals surface area contributed by atoms with Crippen LogP contribution in [-0.4, -0.2) is 83.8 Å². The van der Waals surface area contributed by atoms with Crippen LogP contribution >= 0.6 is 0 Å². The zero-order chi connectivity index (χ0) is 41.9. The molecule has 2 aromatic rings. The second kappa shape index (κ2) is 18.7. The Morgan fingerprint density at radius 2 is 1.09 bits per heavy atom. The third kappa shape index (κ3) is 9.46. The molecule has 0 heterocycles. The molecule has 16 heteroatoms. The number of ether oxygens (including phenoxy) is 2. The van der Waals surface area contributed by atoms with Crippen molar-refractivity contribution >= 4 is 46.4 Å². The van der Waals surface area contributed by atoms with Crippen LogP contribution in [0.5, 0.6) is 0 Å². The van der Waals surface area contributed by atoms with Gasteiger partial charge >= 0.3 is 11.9 Å². The molecule has 0 fully saturated rings. The first-order valence-corrected chi connectivity index (χ1v) is 16.8. The van der Waals surface area contributed by atoms with Crippen LogP contribution in [0.1, 0.15) is 75.5 Å². The molecular formula is C40H36N6O10. The molecule has 286 valence electrons. The molecule has 2 unspecified atom stereocenters. The second-order valence-electron chi connectivity index (χ2n) is 12.9. The minimum Gasteiger partial charge on any atom is -0.462 e. The van der Waals surface area contributed by atoms with E-state index in [2.05, 4.69) is 36.6 Å². The van der Waals surface area contributed by atoms with E-state index in [-0.39, 0.29) is 65.5 Å². The first-order chi connectivity index (χ1) is 26.5. The molecule has 2 aliphatic carbocycles. The fourth-order valence-corrected chi connectivity index (χ4v) is 4.98. The van der Waals surface area contributed by atoms with Crippen molar-refractivity contribution in [3.63, 3.8) is 0 Å². The Morgan fingerprint density at radius 3 is 1.45 bits per heavy atom. The molecule has 4 rings (SSSR count). The number of carbonyl (C=O) groups is 6. The van der Waals surface area contributed by atoms with Crippen molar-refractivity contribution in [2.75, 3.05) is 36.9 Å². The summed E-state index contributed by atoms with van der Waals surface area (Å²) in [6.45, 7) is 38.0. The third-order valence-corrected chi connectivity index (χ3v) is 8.48. The topological polar surface area (TPSA) is 203 Å². The standard InChI is InChI=1S/C21H21N3O5.C19H15N3O5/c1-6-21(2,3)20(28)29-11-12(25)10-24-14-9-7-8-13-15(14)19(27)17(23-5)16(22-4)18(13)26;1-10(2)19(26)27-9-11(23)8-22-13-7-5-6-12-14(13)18(25)16(21-4)15(20-3)17(12)24/h7-9,12,24-25H,6,10-11H2,1-3H3;5-7,11,22-23H,1,8-9H2,2H3. The quantitative estimate of drug-likeness (QED) is 0.123. The predicted octanol–water partition coefficient (Wildman–Crippen LogP) is 4.88. The molecule has 0 bridgehead atoms. The van der Waals surface area contributed by atoms with Crippen molar-refractivity contribution in [1.82, 2.24) is 0 Å². The van der Waals surface area contributed by atoms with Crippen molar-refractivity contribution in [3.8, 4) is 0 Å². The number of hydrogen-bond acceptors (Lipinski definition) is 12. The highest BCUT2D eigenvalue weighted by Crippen LogP contribution is 2.34. The molecule has 4 N–H and O–H groups in total. The molecule has 16 nitrogen and oxygen atoms in total. The minimum absolute atomic E-state index is 0.00721. The summed E-state index contributed by atoms with van der Waals surface area (Å²) in [7, 11) is 0. The van der Waals surface area contributed by atoms with E-state index in [0.29, 0.717) is 6.42 Å². The van der Waals surface area contributed by atoms with E-state index in [4.69, 9.17) is 35.8 Å². The maximum absolute atomic E-state index is 12.6. The van der Waals surface area contributed by atoms with Gasteiger partial charge in [-0.3, -0.25) is 4.79 Å². The maximum Gasteiger partial charge on any atom is 0.333 e. The number of Topliss-reactive ketones (excluding diaryl/α,β-unsaturated/α-hetero) is 4. The van der Waals surface area contributed by atoms with Gasteiger partial charge in [-0.15, -0.1) is 0 Å². The fourth-order valence-electron chi connectivity index (χ4n) is 4.98. The SMILES string of the molecule is [C-]#[N+]C1=C([N+]#[C-])C(=O)c2c(NCC(O)COC(=O)C(=C)C)cccc2C1=O.[C-]#[N+]C1=C([N+]#[C-])C(=O)c2c(NCC(O)COC(=O)C(C)(C)CC)cccc2C1=O. The van der Waals surface area contributed by atoms with Crippen molar-refractivity contribution in [1.29, 1.82) is 0 Å². The van der Waals surface area contributed by atoms with E-state index in [9.17, 15) is 39.0 Å². The Bertz CT molecular complexity index is 2260. The molecule has 0 amide bonds. The average molecular weight is 761 g/mol. The number of anilines is 2. The van der Waals surface area contributed by atoms with Crippen molar-refractivity contribution in [3.05, 3.63) is 139 Å². The number of carbonyl (C=O) groups excluding carboxylic acids is 6. The first kappa shape index (κ1) is 43.2. The van der Waals surface area contributed by atoms with Gasteiger partial charge in [-0.2, -0.15) is 0 Å². The van der Waals surface area contributed by atoms with Gasteiger partial charge in [-0.1, -0.05) is 37.8 Å². The lowest BCUT2D eigenvalue weighted by molar-refractivity contribution is -0.156. The zero-order valence-electron chi connectivity index (χ0n) is 30.8. The lowest BCUT2D eigenvalue weighted by Gasteiger charge is -2.22. The largest absolute Gasteiger partial charge is 0.462 e. The maximum atomic E-state index is 12.6. The van der Waals surface area contributed by atoms with E-state index >= 15 is 0 Å². The summed E-state index contributed by atoms with van der Waals surface area (Å²) in [6, 6.07) is 8.92. The Morgan fingerprint density at radius 1 is 0.714 bits per heavy atom. The van der Waals surface area contributed by atoms with Gasteiger partial charge in [0, 0.05) is 52.3 Å². The summed E-state index contributed by atoms with van der Waals surface area (Å²) in [6.07, 6.45) is -1.53. The van der Waals surface area contributed by atoms with E-state index in [1.54, 1.807) is 13.8 Å². The molecule has 0 saturated carbocycles. The van der Waals surface area contributed by atoms with Gasteiger partial charge in [0.1, 0.15) is 25.4 Å². The molecule has 2 aromatic carbocycles. The number of fused-ring (bicyclic) bond motifs is 2. The molecule has 0 aliphatic heterocycles. The van der Waals surface area contributed by atoms with Crippen molar-refractivity contribution in [2.45, 2.75) is 46.3 Å². The smallest absolute Gasteiger partial charge is 0.333 e. The molecule has 0 aromatic heterocycles. The van der Waals surface area contributed by atoms with Crippen LogP contribution < -0.4 is 10.6 Å². The molecular weight excluding hydrogens is 724 g/mol. The lowest BCUT2D eigenvalue weighted by Crippen LogP contribution is -2.32. The lowest BCUT2D eigenvalue weighted by atomic mass is 9.89. The van der Waals surface area contributed by atoms with Crippen LogP contribution in [0.25, 0.3) is 19.4 Å². The highest BCUT2D eigenvalue weighted by atomic mass is 16.5. The minimum atomic E-state index is -1.08. The average Bonchev–Trinajstić information content (AvgIpc) is 3.19. The Labute approximate surface area is 322 Å². The highest BCUT2D eigenvalue weighted by Gasteiger charge is 2.36. The Hall–Kier alpha value is -7.24. The molecule has 0 radical (unpaired) electrons. The number of aliphatic hydroxyl groups is 2. The summed E-state index contributed by atoms with van der Waals surface area (Å²) >= 11 is 0. The van der Waals surface area contributed by atoms with Gasteiger partial charge in [0.25, 0.3) is 0 Å². The molecule has 56 heavy (non-hydrogen) atoms. The summed E-state index contributed by atoms with van der Waals surface area (Å²) in [5.74, 6) is -3.86. The number of aliphatic hydroxyl groups excluding tert-OH is 2. The molecule has 0 saturated heterocycles. The number of nitrogens with zero attached hydrogens (tertiary/aromatic N) is 4. The van der Waals surface area contributed by atoms with E-state index < -0.39 is 75.5 Å². The number of nitrogens with one attached hydrogen (secondary N) is 2.